The van der Waals surface area contributed by atoms with Crippen molar-refractivity contribution in [2.75, 3.05) is 32.2 Å². The predicted octanol–water partition coefficient (Wildman–Crippen LogP) is 3.69. The Bertz CT molecular complexity index is 1180. The molecule has 35 heavy (non-hydrogen) atoms. The first-order valence-corrected chi connectivity index (χ1v) is 11.9. The van der Waals surface area contributed by atoms with Gasteiger partial charge in [-0.25, -0.2) is 14.5 Å². The fraction of sp³-hybridized carbons (Fsp3) is 0.217. The van der Waals surface area contributed by atoms with Crippen LogP contribution in [-0.4, -0.2) is 55.6 Å². The average Bonchev–Trinajstić information content (AvgIpc) is 3.06. The van der Waals surface area contributed by atoms with Crippen LogP contribution in [0.1, 0.15) is 12.5 Å². The van der Waals surface area contributed by atoms with Gasteiger partial charge in [-0.3, -0.25) is 9.59 Å². The van der Waals surface area contributed by atoms with E-state index >= 15 is 0 Å². The van der Waals surface area contributed by atoms with Gasteiger partial charge in [-0.05, 0) is 74.7 Å². The van der Waals surface area contributed by atoms with Crippen molar-refractivity contribution in [1.29, 1.82) is 0 Å². The van der Waals surface area contributed by atoms with E-state index in [0.717, 1.165) is 4.90 Å². The second kappa shape index (κ2) is 11.8. The Hall–Kier alpha value is -3.38. The molecule has 0 atom stereocenters. The first-order valence-electron chi connectivity index (χ1n) is 10.3. The number of hydrogen-bond donors (Lipinski definition) is 2. The summed E-state index contributed by atoms with van der Waals surface area (Å²) in [5.74, 6) is -0.902. The third-order valence-corrected chi connectivity index (χ3v) is 5.79. The fourth-order valence-corrected chi connectivity index (χ4v) is 4.55. The lowest BCUT2D eigenvalue weighted by molar-refractivity contribution is -0.145. The van der Waals surface area contributed by atoms with Crippen LogP contribution in [0.2, 0.25) is 0 Å². The average molecular weight is 611 g/mol. The summed E-state index contributed by atoms with van der Waals surface area (Å²) in [7, 11) is 1.47. The molecule has 2 aromatic carbocycles. The molecule has 2 aromatic rings. The molecule has 1 heterocycles. The second-order valence-corrected chi connectivity index (χ2v) is 8.74. The molecular formula is C23H21Br2N3O7. The predicted molar refractivity (Wildman–Crippen MR) is 134 cm³/mol. The van der Waals surface area contributed by atoms with Crippen molar-refractivity contribution < 1.29 is 33.4 Å². The number of methoxy groups -OCH3 is 1. The van der Waals surface area contributed by atoms with Crippen LogP contribution in [0.15, 0.2) is 51.0 Å². The maximum absolute atomic E-state index is 12.8. The SMILES string of the molecule is CCOC(=O)COc1c(Br)cc(/C=C2/NC(=O)N(CC(=O)Nc3ccccc3OC)C2=O)cc1Br. The monoisotopic (exact) mass is 609 g/mol. The number of carbonyl (C=O) groups is 4. The van der Waals surface area contributed by atoms with Crippen LogP contribution in [0.4, 0.5) is 10.5 Å². The summed E-state index contributed by atoms with van der Waals surface area (Å²) in [5.41, 5.74) is 0.970. The van der Waals surface area contributed by atoms with Gasteiger partial charge in [-0.2, -0.15) is 0 Å². The minimum absolute atomic E-state index is 0.000849. The molecule has 1 aliphatic heterocycles. The van der Waals surface area contributed by atoms with Crippen molar-refractivity contribution in [3.05, 3.63) is 56.6 Å². The van der Waals surface area contributed by atoms with Gasteiger partial charge < -0.3 is 24.8 Å². The van der Waals surface area contributed by atoms with Crippen LogP contribution in [0.25, 0.3) is 6.08 Å². The summed E-state index contributed by atoms with van der Waals surface area (Å²) in [4.78, 5) is 49.9. The van der Waals surface area contributed by atoms with Gasteiger partial charge in [0.2, 0.25) is 5.91 Å². The summed E-state index contributed by atoms with van der Waals surface area (Å²) in [5, 5.41) is 5.10. The van der Waals surface area contributed by atoms with E-state index in [0.29, 0.717) is 31.7 Å². The fourth-order valence-electron chi connectivity index (χ4n) is 3.10. The summed E-state index contributed by atoms with van der Waals surface area (Å²) in [6.07, 6.45) is 1.46. The van der Waals surface area contributed by atoms with Crippen molar-refractivity contribution in [1.82, 2.24) is 10.2 Å². The Labute approximate surface area is 217 Å². The number of ether oxygens (including phenoxy) is 3. The van der Waals surface area contributed by atoms with E-state index in [1.165, 1.54) is 13.2 Å². The normalized spacial score (nSPS) is 14.1. The molecule has 0 unspecified atom stereocenters. The molecule has 1 aliphatic rings. The Balaban J connectivity index is 1.70. The van der Waals surface area contributed by atoms with Crippen LogP contribution >= 0.6 is 31.9 Å². The highest BCUT2D eigenvalue weighted by Crippen LogP contribution is 2.35. The Morgan fingerprint density at radius 1 is 1.14 bits per heavy atom. The molecule has 0 aliphatic carbocycles. The minimum Gasteiger partial charge on any atom is -0.495 e. The standard InChI is InChI=1S/C23H21Br2N3O7/c1-3-34-20(30)12-35-21-14(24)8-13(9-15(21)25)10-17-22(31)28(23(32)27-17)11-19(29)26-16-6-4-5-7-18(16)33-2/h4-10H,3,11-12H2,1-2H3,(H,26,29)(H,27,32)/b17-10+. The van der Waals surface area contributed by atoms with E-state index in [1.54, 1.807) is 43.3 Å². The van der Waals surface area contributed by atoms with Crippen molar-refractivity contribution in [2.45, 2.75) is 6.92 Å². The molecule has 3 rings (SSSR count). The lowest BCUT2D eigenvalue weighted by Gasteiger charge is -2.13. The maximum atomic E-state index is 12.8. The molecule has 0 bridgehead atoms. The van der Waals surface area contributed by atoms with Gasteiger partial charge in [0, 0.05) is 0 Å². The molecule has 0 spiro atoms. The van der Waals surface area contributed by atoms with Gasteiger partial charge in [0.25, 0.3) is 5.91 Å². The molecule has 10 nitrogen and oxygen atoms in total. The zero-order valence-corrected chi connectivity index (χ0v) is 21.9. The highest BCUT2D eigenvalue weighted by Gasteiger charge is 2.35. The van der Waals surface area contributed by atoms with Gasteiger partial charge in [-0.1, -0.05) is 12.1 Å². The number of benzene rings is 2. The van der Waals surface area contributed by atoms with Crippen LogP contribution in [-0.2, 0) is 19.1 Å². The number of urea groups is 1. The number of halogens is 2. The Morgan fingerprint density at radius 3 is 2.49 bits per heavy atom. The first-order chi connectivity index (χ1) is 16.7. The number of nitrogens with zero attached hydrogens (tertiary/aromatic N) is 1. The number of para-hydroxylation sites is 2. The van der Waals surface area contributed by atoms with E-state index in [4.69, 9.17) is 14.2 Å². The largest absolute Gasteiger partial charge is 0.495 e. The summed E-state index contributed by atoms with van der Waals surface area (Å²) >= 11 is 6.74. The van der Waals surface area contributed by atoms with E-state index in [1.807, 2.05) is 0 Å². The van der Waals surface area contributed by atoms with E-state index in [2.05, 4.69) is 42.5 Å². The maximum Gasteiger partial charge on any atom is 0.344 e. The van der Waals surface area contributed by atoms with Crippen LogP contribution in [0.3, 0.4) is 0 Å². The molecular weight excluding hydrogens is 590 g/mol. The molecule has 1 fully saturated rings. The van der Waals surface area contributed by atoms with Gasteiger partial charge >= 0.3 is 12.0 Å². The van der Waals surface area contributed by atoms with E-state index < -0.39 is 30.4 Å². The molecule has 184 valence electrons. The number of esters is 1. The number of carbonyl (C=O) groups excluding carboxylic acids is 4. The highest BCUT2D eigenvalue weighted by molar-refractivity contribution is 9.11. The minimum atomic E-state index is -0.719. The van der Waals surface area contributed by atoms with Gasteiger partial charge in [0.05, 0.1) is 28.3 Å². The Morgan fingerprint density at radius 2 is 1.83 bits per heavy atom. The lowest BCUT2D eigenvalue weighted by Crippen LogP contribution is -2.38. The Kier molecular flexibility index (Phi) is 8.88. The number of imide groups is 1. The van der Waals surface area contributed by atoms with Crippen LogP contribution in [0.5, 0.6) is 11.5 Å². The van der Waals surface area contributed by atoms with Crippen LogP contribution < -0.4 is 20.1 Å². The number of rotatable bonds is 9. The molecule has 0 aromatic heterocycles. The number of amides is 4. The van der Waals surface area contributed by atoms with E-state index in [9.17, 15) is 19.2 Å². The summed E-state index contributed by atoms with van der Waals surface area (Å²) in [6.45, 7) is 1.19. The lowest BCUT2D eigenvalue weighted by atomic mass is 10.2. The van der Waals surface area contributed by atoms with Crippen molar-refractivity contribution in [3.8, 4) is 11.5 Å². The van der Waals surface area contributed by atoms with Gasteiger partial charge in [0.15, 0.2) is 6.61 Å². The third-order valence-electron chi connectivity index (χ3n) is 4.62. The second-order valence-electron chi connectivity index (χ2n) is 7.04. The van der Waals surface area contributed by atoms with Crippen LogP contribution in [0, 0.1) is 0 Å². The summed E-state index contributed by atoms with van der Waals surface area (Å²) < 4.78 is 16.5. The van der Waals surface area contributed by atoms with Crippen molar-refractivity contribution in [2.24, 2.45) is 0 Å². The smallest absolute Gasteiger partial charge is 0.344 e. The van der Waals surface area contributed by atoms with Gasteiger partial charge in [-0.15, -0.1) is 0 Å². The summed E-state index contributed by atoms with van der Waals surface area (Å²) in [6, 6.07) is 9.36. The third kappa shape index (κ3) is 6.61. The first kappa shape index (κ1) is 26.2. The van der Waals surface area contributed by atoms with Gasteiger partial charge in [0.1, 0.15) is 23.7 Å². The molecule has 12 heteroatoms. The molecule has 2 N–H and O–H groups in total. The highest BCUT2D eigenvalue weighted by atomic mass is 79.9. The topological polar surface area (TPSA) is 123 Å². The molecule has 0 saturated carbocycles. The molecule has 0 radical (unpaired) electrons. The number of hydrogen-bond acceptors (Lipinski definition) is 7. The number of nitrogens with one attached hydrogen (secondary N) is 2. The van der Waals surface area contributed by atoms with E-state index in [-0.39, 0.29) is 18.9 Å². The van der Waals surface area contributed by atoms with Crippen molar-refractivity contribution >= 4 is 67.4 Å². The molecule has 4 amide bonds. The number of anilines is 1. The molecule has 1 saturated heterocycles. The quantitative estimate of drug-likeness (QED) is 0.252. The zero-order valence-electron chi connectivity index (χ0n) is 18.7. The van der Waals surface area contributed by atoms with Crippen molar-refractivity contribution in [3.63, 3.8) is 0 Å². The zero-order chi connectivity index (χ0) is 25.5.